The lowest BCUT2D eigenvalue weighted by atomic mass is 9.99. The topological polar surface area (TPSA) is 3.24 Å². The summed E-state index contributed by atoms with van der Waals surface area (Å²) >= 11 is 0. The number of aryl methyl sites for hydroxylation is 4. The average molecular weight is 566 g/mol. The smallest absolute Gasteiger partial charge is 0.0845 e. The van der Waals surface area contributed by atoms with E-state index in [1.54, 1.807) is 0 Å². The number of nitrogens with zero attached hydrogens (tertiary/aromatic N) is 1. The minimum Gasteiger partial charge on any atom is -0.179 e. The van der Waals surface area contributed by atoms with E-state index in [1.165, 1.54) is 69.7 Å². The van der Waals surface area contributed by atoms with Crippen LogP contribution in [0.3, 0.4) is 0 Å². The molecule has 0 bridgehead atoms. The second-order valence-electron chi connectivity index (χ2n) is 11.8. The molecule has 0 aliphatic carbocycles. The first-order valence-corrected chi connectivity index (χ1v) is 18.2. The Bertz CT molecular complexity index is 1280. The lowest BCUT2D eigenvalue weighted by molar-refractivity contribution is 0.625. The van der Waals surface area contributed by atoms with Crippen molar-refractivity contribution in [2.24, 2.45) is 0 Å². The Morgan fingerprint density at radius 1 is 0.675 bits per heavy atom. The summed E-state index contributed by atoms with van der Waals surface area (Å²) in [6.07, 6.45) is 4.78. The molecule has 0 unspecified atom stereocenters. The Labute approximate surface area is 245 Å². The highest BCUT2D eigenvalue weighted by molar-refractivity contribution is 7.87. The van der Waals surface area contributed by atoms with E-state index < -0.39 is 15.5 Å². The van der Waals surface area contributed by atoms with Crippen LogP contribution in [0.4, 0.5) is 0 Å². The van der Waals surface area contributed by atoms with Gasteiger partial charge in [-0.05, 0) is 76.1 Å². The Morgan fingerprint density at radius 2 is 1.07 bits per heavy atom. The van der Waals surface area contributed by atoms with Crippen LogP contribution < -0.4 is 10.6 Å². The van der Waals surface area contributed by atoms with E-state index >= 15 is 0 Å². The molecular weight excluding hydrogens is 520 g/mol. The molecule has 1 saturated heterocycles. The normalized spacial score (nSPS) is 18.5. The summed E-state index contributed by atoms with van der Waals surface area (Å²) in [6, 6.07) is 37.1. The first-order valence-electron chi connectivity index (χ1n) is 14.9. The fourth-order valence-electron chi connectivity index (χ4n) is 6.86. The summed E-state index contributed by atoms with van der Waals surface area (Å²) in [5.41, 5.74) is 9.40. The number of benzene rings is 4. The standard InChI is InChI=1S/C37H45NP2/c1-7-8-21-38(39(34-15-11-9-12-16-34)35-17-13-10-14-18-35)40(6)36(32-24-28(2)22-29(3)25-32)19-20-37(40)33-26-30(4)23-31(5)27-33/h9-18,22-27,36-37H,6-8,19-21H2,1-5H3/t36-,37-/m0/s1. The van der Waals surface area contributed by atoms with Gasteiger partial charge in [0.25, 0.3) is 0 Å². The van der Waals surface area contributed by atoms with Crippen LogP contribution in [0.5, 0.6) is 0 Å². The molecule has 5 rings (SSSR count). The molecule has 0 radical (unpaired) electrons. The van der Waals surface area contributed by atoms with Crippen molar-refractivity contribution in [3.8, 4) is 0 Å². The van der Waals surface area contributed by atoms with E-state index in [0.717, 1.165) is 6.54 Å². The number of hydrogen-bond acceptors (Lipinski definition) is 1. The maximum Gasteiger partial charge on any atom is 0.0845 e. The van der Waals surface area contributed by atoms with E-state index in [1.807, 2.05) is 0 Å². The van der Waals surface area contributed by atoms with Gasteiger partial charge in [0.1, 0.15) is 0 Å². The van der Waals surface area contributed by atoms with Gasteiger partial charge >= 0.3 is 0 Å². The zero-order valence-electron chi connectivity index (χ0n) is 25.0. The lowest BCUT2D eigenvalue weighted by Gasteiger charge is -2.49. The van der Waals surface area contributed by atoms with E-state index in [-0.39, 0.29) is 0 Å². The van der Waals surface area contributed by atoms with Crippen LogP contribution in [0.1, 0.15) is 77.3 Å². The lowest BCUT2D eigenvalue weighted by Crippen LogP contribution is -2.31. The third-order valence-electron chi connectivity index (χ3n) is 8.42. The third kappa shape index (κ3) is 5.99. The monoisotopic (exact) mass is 565 g/mol. The van der Waals surface area contributed by atoms with Crippen LogP contribution in [0.25, 0.3) is 0 Å². The van der Waals surface area contributed by atoms with Gasteiger partial charge in [-0.25, -0.2) is 0 Å². The molecule has 3 heteroatoms. The summed E-state index contributed by atoms with van der Waals surface area (Å²) in [5, 5.41) is 2.88. The molecule has 40 heavy (non-hydrogen) atoms. The first-order chi connectivity index (χ1) is 19.3. The maximum absolute atomic E-state index is 5.48. The van der Waals surface area contributed by atoms with Crippen molar-refractivity contribution in [3.63, 3.8) is 0 Å². The SMILES string of the molecule is [CH2-][P+]1(N(CCCC)P(c2ccccc2)c2ccccc2)[C@H](c2cc(C)cc(C)c2)CC[C@H]1c1cc(C)cc(C)c1. The fraction of sp³-hybridized carbons (Fsp3) is 0.324. The predicted molar refractivity (Wildman–Crippen MR) is 180 cm³/mol. The minimum atomic E-state index is -1.98. The van der Waals surface area contributed by atoms with Gasteiger partial charge in [0.15, 0.2) is 0 Å². The fourth-order valence-corrected chi connectivity index (χ4v) is 15.8. The van der Waals surface area contributed by atoms with Crippen LogP contribution in [0.2, 0.25) is 0 Å². The summed E-state index contributed by atoms with van der Waals surface area (Å²) in [5.74, 6) is 0. The van der Waals surface area contributed by atoms with Gasteiger partial charge in [-0.1, -0.05) is 133 Å². The molecule has 1 aliphatic rings. The maximum atomic E-state index is 5.48. The highest BCUT2D eigenvalue weighted by Gasteiger charge is 2.55. The van der Waals surface area contributed by atoms with Gasteiger partial charge in [0.2, 0.25) is 0 Å². The number of rotatable bonds is 9. The van der Waals surface area contributed by atoms with Crippen molar-refractivity contribution in [1.29, 1.82) is 0 Å². The molecule has 4 aromatic carbocycles. The van der Waals surface area contributed by atoms with Crippen LogP contribution in [-0.2, 0) is 0 Å². The van der Waals surface area contributed by atoms with Gasteiger partial charge in [-0.2, -0.15) is 11.1 Å². The molecule has 1 nitrogen and oxygen atoms in total. The van der Waals surface area contributed by atoms with Gasteiger partial charge in [0.05, 0.1) is 19.4 Å². The molecule has 2 atom stereocenters. The van der Waals surface area contributed by atoms with Gasteiger partial charge in [-0.3, -0.25) is 0 Å². The summed E-state index contributed by atoms with van der Waals surface area (Å²) in [7, 11) is -2.71. The van der Waals surface area contributed by atoms with Gasteiger partial charge in [-0.15, -0.1) is 0 Å². The quantitative estimate of drug-likeness (QED) is 0.144. The van der Waals surface area contributed by atoms with E-state index in [2.05, 4.69) is 136 Å². The molecule has 208 valence electrons. The first kappa shape index (κ1) is 29.2. The van der Waals surface area contributed by atoms with E-state index in [4.69, 9.17) is 6.66 Å². The van der Waals surface area contributed by atoms with Crippen molar-refractivity contribution >= 4 is 26.1 Å². The summed E-state index contributed by atoms with van der Waals surface area (Å²) < 4.78 is 2.99. The Kier molecular flexibility index (Phi) is 9.27. The van der Waals surface area contributed by atoms with E-state index in [9.17, 15) is 0 Å². The number of unbranched alkanes of at least 4 members (excludes halogenated alkanes) is 1. The Hall–Kier alpha value is -2.30. The van der Waals surface area contributed by atoms with Crippen molar-refractivity contribution in [2.45, 2.75) is 71.6 Å². The highest BCUT2D eigenvalue weighted by atomic mass is 31.2. The van der Waals surface area contributed by atoms with Crippen molar-refractivity contribution in [1.82, 2.24) is 4.44 Å². The van der Waals surface area contributed by atoms with Gasteiger partial charge in [0, 0.05) is 6.54 Å². The molecule has 1 fully saturated rings. The average Bonchev–Trinajstić information content (AvgIpc) is 3.28. The molecule has 1 aliphatic heterocycles. The molecule has 0 amide bonds. The minimum absolute atomic E-state index is 0.464. The molecular formula is C37H45NP2. The molecule has 0 aromatic heterocycles. The second kappa shape index (κ2) is 12.7. The largest absolute Gasteiger partial charge is 0.179 e. The van der Waals surface area contributed by atoms with Crippen LogP contribution in [0, 0.1) is 34.4 Å². The third-order valence-corrected chi connectivity index (χ3v) is 16.5. The summed E-state index contributed by atoms with van der Waals surface area (Å²) in [6.45, 7) is 17.9. The van der Waals surface area contributed by atoms with Crippen LogP contribution in [0.15, 0.2) is 97.1 Å². The predicted octanol–water partition coefficient (Wildman–Crippen LogP) is 10.4. The zero-order chi connectivity index (χ0) is 28.3. The molecule has 0 spiro atoms. The zero-order valence-corrected chi connectivity index (χ0v) is 26.8. The van der Waals surface area contributed by atoms with Crippen LogP contribution >= 0.6 is 15.5 Å². The van der Waals surface area contributed by atoms with Crippen molar-refractivity contribution in [2.75, 3.05) is 6.54 Å². The van der Waals surface area contributed by atoms with E-state index in [0.29, 0.717) is 11.3 Å². The second-order valence-corrected chi connectivity index (χ2v) is 17.7. The molecule has 1 heterocycles. The van der Waals surface area contributed by atoms with Crippen molar-refractivity contribution < 1.29 is 0 Å². The van der Waals surface area contributed by atoms with Crippen LogP contribution in [-0.4, -0.2) is 11.0 Å². The van der Waals surface area contributed by atoms with Crippen molar-refractivity contribution in [3.05, 3.63) is 137 Å². The Morgan fingerprint density at radius 3 is 1.45 bits per heavy atom. The molecule has 4 aromatic rings. The Balaban J connectivity index is 1.76. The molecule has 0 saturated carbocycles. The summed E-state index contributed by atoms with van der Waals surface area (Å²) in [4.78, 5) is 0. The number of hydrogen-bond donors (Lipinski definition) is 0. The van der Waals surface area contributed by atoms with Gasteiger partial charge < -0.3 is 0 Å². The molecule has 0 N–H and O–H groups in total. The highest BCUT2D eigenvalue weighted by Crippen LogP contribution is 2.88.